The second kappa shape index (κ2) is 6.03. The first-order chi connectivity index (χ1) is 7.95. The first-order valence-electron chi connectivity index (χ1n) is 6.10. The zero-order chi connectivity index (χ0) is 13.0. The van der Waals surface area contributed by atoms with Gasteiger partial charge in [0.1, 0.15) is 5.75 Å². The van der Waals surface area contributed by atoms with Gasteiger partial charge in [-0.15, -0.1) is 0 Å². The monoisotopic (exact) mass is 237 g/mol. The van der Waals surface area contributed by atoms with Crippen molar-refractivity contribution >= 4 is 0 Å². The van der Waals surface area contributed by atoms with Crippen molar-refractivity contribution in [2.45, 2.75) is 33.7 Å². The van der Waals surface area contributed by atoms with Gasteiger partial charge in [0, 0.05) is 0 Å². The summed E-state index contributed by atoms with van der Waals surface area (Å²) < 4.78 is 0. The lowest BCUT2D eigenvalue weighted by molar-refractivity contribution is 0.241. The van der Waals surface area contributed by atoms with Crippen molar-refractivity contribution in [3.63, 3.8) is 0 Å². The molecule has 17 heavy (non-hydrogen) atoms. The van der Waals surface area contributed by atoms with Crippen LogP contribution >= 0.6 is 0 Å². The predicted molar refractivity (Wildman–Crippen MR) is 70.2 cm³/mol. The minimum atomic E-state index is -0.0598. The average molecular weight is 237 g/mol. The molecule has 1 unspecified atom stereocenters. The molecule has 96 valence electrons. The van der Waals surface area contributed by atoms with E-state index in [0.717, 1.165) is 23.2 Å². The molecule has 0 aliphatic heterocycles. The molecule has 0 radical (unpaired) electrons. The molecule has 0 heterocycles. The minimum absolute atomic E-state index is 0.0598. The zero-order valence-electron chi connectivity index (χ0n) is 11.1. The van der Waals surface area contributed by atoms with E-state index in [1.807, 2.05) is 26.0 Å². The summed E-state index contributed by atoms with van der Waals surface area (Å²) in [6.07, 6.45) is 0. The van der Waals surface area contributed by atoms with E-state index >= 15 is 0 Å². The lowest BCUT2D eigenvalue weighted by Crippen LogP contribution is -2.28. The summed E-state index contributed by atoms with van der Waals surface area (Å²) in [5, 5.41) is 22.5. The molecule has 1 atom stereocenters. The van der Waals surface area contributed by atoms with Crippen LogP contribution in [0.5, 0.6) is 5.75 Å². The van der Waals surface area contributed by atoms with E-state index < -0.39 is 0 Å². The number of phenolic OH excluding ortho intramolecular Hbond substituents is 1. The summed E-state index contributed by atoms with van der Waals surface area (Å²) in [5.74, 6) is 0.887. The van der Waals surface area contributed by atoms with E-state index in [9.17, 15) is 10.2 Å². The number of aromatic hydroxyl groups is 1. The van der Waals surface area contributed by atoms with E-state index in [1.165, 1.54) is 0 Å². The summed E-state index contributed by atoms with van der Waals surface area (Å²) in [5.41, 5.74) is 2.73. The van der Waals surface area contributed by atoms with Crippen molar-refractivity contribution in [1.82, 2.24) is 5.32 Å². The van der Waals surface area contributed by atoms with Crippen molar-refractivity contribution in [2.24, 2.45) is 5.92 Å². The summed E-state index contributed by atoms with van der Waals surface area (Å²) in [6.45, 7) is 8.95. The van der Waals surface area contributed by atoms with Gasteiger partial charge in [-0.25, -0.2) is 0 Å². The third kappa shape index (κ3) is 3.72. The van der Waals surface area contributed by atoms with Crippen LogP contribution < -0.4 is 5.32 Å². The molecule has 3 nitrogen and oxygen atoms in total. The van der Waals surface area contributed by atoms with Gasteiger partial charge in [0.2, 0.25) is 0 Å². The maximum absolute atomic E-state index is 9.72. The molecule has 1 aromatic rings. The first-order valence-corrected chi connectivity index (χ1v) is 6.10. The van der Waals surface area contributed by atoms with Crippen LogP contribution in [0.2, 0.25) is 0 Å². The molecule has 1 aromatic carbocycles. The van der Waals surface area contributed by atoms with Crippen LogP contribution in [-0.2, 0) is 0 Å². The molecule has 1 rings (SSSR count). The second-order valence-electron chi connectivity index (χ2n) is 5.04. The number of phenols is 1. The SMILES string of the molecule is Cc1cc(C(CO)NCC(C)C)cc(C)c1O. The lowest BCUT2D eigenvalue weighted by atomic mass is 10.00. The Hall–Kier alpha value is -1.06. The Morgan fingerprint density at radius 3 is 2.12 bits per heavy atom. The Balaban J connectivity index is 2.88. The number of aliphatic hydroxyl groups excluding tert-OH is 1. The summed E-state index contributed by atoms with van der Waals surface area (Å²) >= 11 is 0. The summed E-state index contributed by atoms with van der Waals surface area (Å²) in [7, 11) is 0. The number of aryl methyl sites for hydroxylation is 2. The number of hydrogen-bond donors (Lipinski definition) is 3. The number of nitrogens with one attached hydrogen (secondary N) is 1. The van der Waals surface area contributed by atoms with E-state index in [4.69, 9.17) is 0 Å². The molecule has 3 heteroatoms. The van der Waals surface area contributed by atoms with Gasteiger partial charge in [-0.05, 0) is 43.0 Å². The van der Waals surface area contributed by atoms with Crippen molar-refractivity contribution in [1.29, 1.82) is 0 Å². The van der Waals surface area contributed by atoms with Gasteiger partial charge in [-0.3, -0.25) is 0 Å². The summed E-state index contributed by atoms with van der Waals surface area (Å²) in [4.78, 5) is 0. The van der Waals surface area contributed by atoms with Gasteiger partial charge in [-0.1, -0.05) is 26.0 Å². The Labute approximate surface area is 103 Å². The number of aliphatic hydroxyl groups is 1. The fourth-order valence-corrected chi connectivity index (χ4v) is 1.86. The molecule has 0 amide bonds. The highest BCUT2D eigenvalue weighted by Gasteiger charge is 2.13. The third-order valence-electron chi connectivity index (χ3n) is 2.87. The zero-order valence-corrected chi connectivity index (χ0v) is 11.1. The Morgan fingerprint density at radius 1 is 1.18 bits per heavy atom. The largest absolute Gasteiger partial charge is 0.507 e. The van der Waals surface area contributed by atoms with Crippen LogP contribution in [0.1, 0.15) is 36.6 Å². The molecule has 0 fully saturated rings. The van der Waals surface area contributed by atoms with Gasteiger partial charge in [0.25, 0.3) is 0 Å². The topological polar surface area (TPSA) is 52.5 Å². The Morgan fingerprint density at radius 2 is 1.71 bits per heavy atom. The van der Waals surface area contributed by atoms with Crippen LogP contribution in [-0.4, -0.2) is 23.4 Å². The molecule has 0 spiro atoms. The van der Waals surface area contributed by atoms with Gasteiger partial charge in [-0.2, -0.15) is 0 Å². The molecular weight excluding hydrogens is 214 g/mol. The maximum atomic E-state index is 9.72. The molecule has 0 aliphatic carbocycles. The summed E-state index contributed by atoms with van der Waals surface area (Å²) in [6, 6.07) is 3.79. The molecule has 0 aromatic heterocycles. The minimum Gasteiger partial charge on any atom is -0.507 e. The van der Waals surface area contributed by atoms with Crippen LogP contribution in [0.3, 0.4) is 0 Å². The van der Waals surface area contributed by atoms with Crippen molar-refractivity contribution in [3.05, 3.63) is 28.8 Å². The van der Waals surface area contributed by atoms with Crippen LogP contribution in [0.4, 0.5) is 0 Å². The quantitative estimate of drug-likeness (QED) is 0.736. The predicted octanol–water partition coefficient (Wildman–Crippen LogP) is 2.29. The molecule has 0 bridgehead atoms. The highest BCUT2D eigenvalue weighted by atomic mass is 16.3. The molecule has 3 N–H and O–H groups in total. The van der Waals surface area contributed by atoms with E-state index in [2.05, 4.69) is 19.2 Å². The van der Waals surface area contributed by atoms with Crippen LogP contribution in [0.25, 0.3) is 0 Å². The molecule has 0 aliphatic rings. The lowest BCUT2D eigenvalue weighted by Gasteiger charge is -2.19. The smallest absolute Gasteiger partial charge is 0.121 e. The van der Waals surface area contributed by atoms with Gasteiger partial charge in [0.05, 0.1) is 12.6 Å². The van der Waals surface area contributed by atoms with Crippen molar-refractivity contribution in [2.75, 3.05) is 13.2 Å². The first kappa shape index (κ1) is 14.0. The van der Waals surface area contributed by atoms with Gasteiger partial charge < -0.3 is 15.5 Å². The second-order valence-corrected chi connectivity index (χ2v) is 5.04. The Kier molecular flexibility index (Phi) is 4.97. The van der Waals surface area contributed by atoms with Gasteiger partial charge >= 0.3 is 0 Å². The Bertz CT molecular complexity index is 351. The van der Waals surface area contributed by atoms with E-state index in [0.29, 0.717) is 11.7 Å². The average Bonchev–Trinajstić information content (AvgIpc) is 2.26. The van der Waals surface area contributed by atoms with E-state index in [-0.39, 0.29) is 12.6 Å². The van der Waals surface area contributed by atoms with Gasteiger partial charge in [0.15, 0.2) is 0 Å². The molecule has 0 saturated carbocycles. The highest BCUT2D eigenvalue weighted by Crippen LogP contribution is 2.26. The fourth-order valence-electron chi connectivity index (χ4n) is 1.86. The van der Waals surface area contributed by atoms with Crippen LogP contribution in [0, 0.1) is 19.8 Å². The number of hydrogen-bond acceptors (Lipinski definition) is 3. The van der Waals surface area contributed by atoms with Crippen molar-refractivity contribution in [3.8, 4) is 5.75 Å². The molecular formula is C14H23NO2. The highest BCUT2D eigenvalue weighted by molar-refractivity contribution is 5.43. The maximum Gasteiger partial charge on any atom is 0.121 e. The number of rotatable bonds is 5. The van der Waals surface area contributed by atoms with E-state index in [1.54, 1.807) is 0 Å². The van der Waals surface area contributed by atoms with Crippen molar-refractivity contribution < 1.29 is 10.2 Å². The third-order valence-corrected chi connectivity index (χ3v) is 2.87. The molecule has 0 saturated heterocycles. The normalized spacial score (nSPS) is 13.1. The van der Waals surface area contributed by atoms with Crippen LogP contribution in [0.15, 0.2) is 12.1 Å². The number of benzene rings is 1. The fraction of sp³-hybridized carbons (Fsp3) is 0.571. The standard InChI is InChI=1S/C14H23NO2/c1-9(2)7-15-13(8-16)12-5-10(3)14(17)11(4)6-12/h5-6,9,13,15-17H,7-8H2,1-4H3.